The van der Waals surface area contributed by atoms with E-state index in [0.717, 1.165) is 128 Å². The molecule has 0 spiro atoms. The number of hydrogen-bond donors (Lipinski definition) is 3. The lowest BCUT2D eigenvalue weighted by atomic mass is 9.98. The summed E-state index contributed by atoms with van der Waals surface area (Å²) in [5.74, 6) is -3.23. The number of aliphatic hydroxyl groups excluding tert-OH is 2. The average molecular weight is 1110 g/mol. The molecule has 12 nitrogen and oxygen atoms in total. The second-order valence-electron chi connectivity index (χ2n) is 20.6. The van der Waals surface area contributed by atoms with Gasteiger partial charge in [-0.25, -0.2) is 4.79 Å². The Morgan fingerprint density at radius 1 is 0.430 bits per heavy atom. The minimum atomic E-state index is -1.93. The Balaban J connectivity index is 2.73. The lowest BCUT2D eigenvalue weighted by molar-refractivity contribution is -0.301. The van der Waals surface area contributed by atoms with Crippen LogP contribution in [0, 0.1) is 0 Å². The molecule has 12 heteroatoms. The van der Waals surface area contributed by atoms with Crippen molar-refractivity contribution in [1.82, 2.24) is 0 Å². The summed E-state index contributed by atoms with van der Waals surface area (Å²) in [6.45, 7) is 5.73. The molecule has 6 atom stereocenters. The maximum absolute atomic E-state index is 13.2. The highest BCUT2D eigenvalue weighted by Crippen LogP contribution is 2.26. The zero-order chi connectivity index (χ0) is 57.5. The minimum absolute atomic E-state index is 0.0243. The van der Waals surface area contributed by atoms with Crippen molar-refractivity contribution in [3.05, 3.63) is 109 Å². The van der Waals surface area contributed by atoms with Gasteiger partial charge < -0.3 is 39.0 Å². The summed E-state index contributed by atoms with van der Waals surface area (Å²) in [6.07, 6.45) is 60.5. The molecule has 1 saturated heterocycles. The van der Waals surface area contributed by atoms with Gasteiger partial charge in [0.2, 0.25) is 0 Å². The maximum Gasteiger partial charge on any atom is 0.335 e. The van der Waals surface area contributed by atoms with Crippen LogP contribution in [0.25, 0.3) is 0 Å². The number of carboxylic acid groups (broad SMARTS) is 1. The van der Waals surface area contributed by atoms with E-state index in [-0.39, 0.29) is 25.9 Å². The Bertz CT molecular complexity index is 1790. The topological polar surface area (TPSA) is 175 Å². The number of ether oxygens (including phenoxy) is 5. The van der Waals surface area contributed by atoms with Crippen molar-refractivity contribution in [2.45, 2.75) is 276 Å². The number of unbranched alkanes of at least 4 members (excludes halogenated alkanes) is 19. The van der Waals surface area contributed by atoms with Gasteiger partial charge >= 0.3 is 23.9 Å². The molecule has 1 aliphatic heterocycles. The molecule has 0 aromatic carbocycles. The van der Waals surface area contributed by atoms with Crippen LogP contribution in [0.2, 0.25) is 0 Å². The molecule has 1 rings (SSSR count). The number of carbonyl (C=O) groups excluding carboxylic acids is 3. The van der Waals surface area contributed by atoms with E-state index in [4.69, 9.17) is 23.7 Å². The summed E-state index contributed by atoms with van der Waals surface area (Å²) in [5.41, 5.74) is 0. The van der Waals surface area contributed by atoms with Gasteiger partial charge in [0.1, 0.15) is 18.8 Å². The van der Waals surface area contributed by atoms with Crippen LogP contribution < -0.4 is 0 Å². The highest BCUT2D eigenvalue weighted by Gasteiger charge is 2.50. The van der Waals surface area contributed by atoms with Gasteiger partial charge in [-0.3, -0.25) is 14.4 Å². The molecule has 0 amide bonds. The zero-order valence-corrected chi connectivity index (χ0v) is 49.3. The predicted molar refractivity (Wildman–Crippen MR) is 321 cm³/mol. The van der Waals surface area contributed by atoms with Gasteiger partial charge in [0.05, 0.1) is 6.61 Å². The first kappa shape index (κ1) is 72.4. The monoisotopic (exact) mass is 1100 g/mol. The summed E-state index contributed by atoms with van der Waals surface area (Å²) in [6, 6.07) is 0. The SMILES string of the molecule is CC/C=C\C/C=C\C/C=C\C/C=C\C/C=C\CCCC(=O)OC1C(OCC(COC(=O)CCCCCCCCC/C=C\C/C=C\C/C=C\CC)OC(=O)CCCCCCC/C=C\CCCCCCCC)OC(C(=O)O)C(O)C1O. The van der Waals surface area contributed by atoms with Crippen LogP contribution in [0.5, 0.6) is 0 Å². The van der Waals surface area contributed by atoms with Gasteiger partial charge in [0, 0.05) is 19.3 Å². The Kier molecular flexibility index (Phi) is 49.5. The molecule has 1 aliphatic rings. The number of rotatable bonds is 51. The highest BCUT2D eigenvalue weighted by atomic mass is 16.7. The molecule has 6 unspecified atom stereocenters. The first-order valence-electron chi connectivity index (χ1n) is 30.9. The smallest absolute Gasteiger partial charge is 0.335 e. The molecule has 0 radical (unpaired) electrons. The fourth-order valence-electron chi connectivity index (χ4n) is 8.65. The Morgan fingerprint density at radius 3 is 1.27 bits per heavy atom. The van der Waals surface area contributed by atoms with Gasteiger partial charge in [-0.1, -0.05) is 214 Å². The van der Waals surface area contributed by atoms with Crippen molar-refractivity contribution in [3.63, 3.8) is 0 Å². The zero-order valence-electron chi connectivity index (χ0n) is 49.3. The number of esters is 3. The van der Waals surface area contributed by atoms with E-state index in [2.05, 4.69) is 118 Å². The van der Waals surface area contributed by atoms with Crippen molar-refractivity contribution in [3.8, 4) is 0 Å². The normalized spacial score (nSPS) is 18.6. The maximum atomic E-state index is 13.2. The minimum Gasteiger partial charge on any atom is -0.479 e. The van der Waals surface area contributed by atoms with Crippen LogP contribution in [0.4, 0.5) is 0 Å². The van der Waals surface area contributed by atoms with Gasteiger partial charge in [-0.15, -0.1) is 0 Å². The number of allylic oxidation sites excluding steroid dienone is 18. The molecule has 1 heterocycles. The van der Waals surface area contributed by atoms with Crippen LogP contribution in [0.15, 0.2) is 109 Å². The van der Waals surface area contributed by atoms with Gasteiger partial charge in [-0.2, -0.15) is 0 Å². The summed E-state index contributed by atoms with van der Waals surface area (Å²) in [7, 11) is 0. The predicted octanol–water partition coefficient (Wildman–Crippen LogP) is 16.2. The lowest BCUT2D eigenvalue weighted by Crippen LogP contribution is -2.61. The van der Waals surface area contributed by atoms with E-state index in [0.29, 0.717) is 25.7 Å². The van der Waals surface area contributed by atoms with Gasteiger partial charge in [0.15, 0.2) is 24.6 Å². The third-order valence-corrected chi connectivity index (χ3v) is 13.3. The molecule has 1 fully saturated rings. The van der Waals surface area contributed by atoms with Crippen LogP contribution in [0.1, 0.15) is 239 Å². The first-order valence-corrected chi connectivity index (χ1v) is 30.9. The molecule has 448 valence electrons. The average Bonchev–Trinajstić information content (AvgIpc) is 3.43. The third kappa shape index (κ3) is 43.8. The Hall–Kier alpha value is -4.62. The van der Waals surface area contributed by atoms with Gasteiger partial charge in [0.25, 0.3) is 0 Å². The summed E-state index contributed by atoms with van der Waals surface area (Å²) >= 11 is 0. The molecule has 0 bridgehead atoms. The van der Waals surface area contributed by atoms with Crippen LogP contribution in [0.3, 0.4) is 0 Å². The molecular weight excluding hydrogens is 997 g/mol. The molecule has 0 aliphatic carbocycles. The molecule has 0 aromatic rings. The molecule has 0 aromatic heterocycles. The van der Waals surface area contributed by atoms with Crippen molar-refractivity contribution in [1.29, 1.82) is 0 Å². The Labute approximate surface area is 478 Å². The molecule has 79 heavy (non-hydrogen) atoms. The van der Waals surface area contributed by atoms with E-state index >= 15 is 0 Å². The number of hydrogen-bond acceptors (Lipinski definition) is 11. The molecule has 0 saturated carbocycles. The van der Waals surface area contributed by atoms with Crippen molar-refractivity contribution >= 4 is 23.9 Å². The molecule has 3 N–H and O–H groups in total. The number of aliphatic carboxylic acids is 1. The van der Waals surface area contributed by atoms with Crippen molar-refractivity contribution in [2.75, 3.05) is 13.2 Å². The van der Waals surface area contributed by atoms with Crippen molar-refractivity contribution < 1.29 is 58.2 Å². The lowest BCUT2D eigenvalue weighted by Gasteiger charge is -2.40. The van der Waals surface area contributed by atoms with Crippen molar-refractivity contribution in [2.24, 2.45) is 0 Å². The third-order valence-electron chi connectivity index (χ3n) is 13.3. The standard InChI is InChI=1S/C67H108O12/c1-4-7-10-13-16-19-22-25-28-30-33-35-38-41-44-47-50-53-59(68)75-56-58(77-60(69)54-51-48-45-42-39-36-32-27-24-21-18-15-12-9-6-3)57-76-67-65(63(72)62(71)64(79-67)66(73)74)78-61(70)55-52-49-46-43-40-37-34-31-29-26-23-20-17-14-11-8-5-2/h7-8,10-11,16-17,19-20,25-29,32,34,37,43,46,58,62-65,67,71-72H,4-6,9,12-15,18,21-24,30-31,33,35-36,38-42,44-45,47-57H2,1-3H3,(H,73,74)/b10-7-,11-8-,19-16-,20-17-,28-25-,29-26-,32-27-,37-34-,46-43-. The quantitative estimate of drug-likeness (QED) is 0.0228. The first-order chi connectivity index (χ1) is 38.6. The van der Waals surface area contributed by atoms with Crippen LogP contribution >= 0.6 is 0 Å². The second-order valence-corrected chi connectivity index (χ2v) is 20.6. The van der Waals surface area contributed by atoms with E-state index < -0.39 is 67.3 Å². The summed E-state index contributed by atoms with van der Waals surface area (Å²) in [5, 5.41) is 31.5. The van der Waals surface area contributed by atoms with E-state index in [1.807, 2.05) is 12.2 Å². The van der Waals surface area contributed by atoms with E-state index in [1.54, 1.807) is 0 Å². The van der Waals surface area contributed by atoms with Crippen LogP contribution in [-0.4, -0.2) is 89.2 Å². The van der Waals surface area contributed by atoms with Gasteiger partial charge in [-0.05, 0) is 116 Å². The fraction of sp³-hybridized carbons (Fsp3) is 0.672. The van der Waals surface area contributed by atoms with E-state index in [9.17, 15) is 34.5 Å². The summed E-state index contributed by atoms with van der Waals surface area (Å²) in [4.78, 5) is 51.2. The van der Waals surface area contributed by atoms with Crippen LogP contribution in [-0.2, 0) is 42.9 Å². The number of aliphatic hydroxyl groups is 2. The number of carboxylic acids is 1. The molecular formula is C67H108O12. The second kappa shape index (κ2) is 54.0. The highest BCUT2D eigenvalue weighted by molar-refractivity contribution is 5.74. The number of carbonyl (C=O) groups is 4. The van der Waals surface area contributed by atoms with E-state index in [1.165, 1.54) is 44.9 Å². The largest absolute Gasteiger partial charge is 0.479 e. The summed E-state index contributed by atoms with van der Waals surface area (Å²) < 4.78 is 28.4. The Morgan fingerprint density at radius 2 is 0.810 bits per heavy atom. The fourth-order valence-corrected chi connectivity index (χ4v) is 8.65.